The fourth-order valence-electron chi connectivity index (χ4n) is 3.19. The quantitative estimate of drug-likeness (QED) is 0.891. The van der Waals surface area contributed by atoms with E-state index in [4.69, 9.17) is 4.74 Å². The molecule has 2 aliphatic heterocycles. The van der Waals surface area contributed by atoms with Gasteiger partial charge in [-0.1, -0.05) is 6.07 Å². The van der Waals surface area contributed by atoms with Gasteiger partial charge < -0.3 is 15.4 Å². The Morgan fingerprint density at radius 1 is 1.27 bits per heavy atom. The van der Waals surface area contributed by atoms with Crippen molar-refractivity contribution in [2.24, 2.45) is 5.92 Å². The molecule has 2 heterocycles. The number of halogens is 2. The number of benzene rings is 1. The maximum Gasteiger partial charge on any atom is 0.225 e. The van der Waals surface area contributed by atoms with Crippen LogP contribution < -0.4 is 10.6 Å². The molecule has 0 radical (unpaired) electrons. The van der Waals surface area contributed by atoms with Crippen LogP contribution in [0.3, 0.4) is 0 Å². The van der Waals surface area contributed by atoms with E-state index in [0.29, 0.717) is 19.8 Å². The third-order valence-electron chi connectivity index (χ3n) is 4.48. The van der Waals surface area contributed by atoms with E-state index >= 15 is 0 Å². The highest BCUT2D eigenvalue weighted by Crippen LogP contribution is 2.27. The Balaban J connectivity index is 1.72. The van der Waals surface area contributed by atoms with E-state index < -0.39 is 11.6 Å². The number of rotatable bonds is 3. The lowest BCUT2D eigenvalue weighted by atomic mass is 9.85. The molecule has 0 saturated carbocycles. The fourth-order valence-corrected chi connectivity index (χ4v) is 3.19. The number of nitrogens with one attached hydrogen (secondary N) is 2. The van der Waals surface area contributed by atoms with E-state index in [1.54, 1.807) is 6.07 Å². The molecule has 0 aromatic heterocycles. The summed E-state index contributed by atoms with van der Waals surface area (Å²) in [4.78, 5) is 12.3. The van der Waals surface area contributed by atoms with Gasteiger partial charge in [-0.2, -0.15) is 0 Å². The van der Waals surface area contributed by atoms with Crippen LogP contribution in [0.1, 0.15) is 24.3 Å². The van der Waals surface area contributed by atoms with E-state index in [9.17, 15) is 13.6 Å². The van der Waals surface area contributed by atoms with Crippen LogP contribution in [0, 0.1) is 17.6 Å². The normalized spacial score (nSPS) is 28.5. The Bertz CT molecular complexity index is 547. The van der Waals surface area contributed by atoms with E-state index in [0.717, 1.165) is 31.0 Å². The SMILES string of the molecule is O=C(NC1CNCCC1c1ccc(F)c(F)c1)C1CCOC1. The molecule has 1 aromatic carbocycles. The molecule has 1 aromatic rings. The molecule has 22 heavy (non-hydrogen) atoms. The minimum absolute atomic E-state index is 0.0115. The second-order valence-electron chi connectivity index (χ2n) is 5.95. The summed E-state index contributed by atoms with van der Waals surface area (Å²) in [5, 5.41) is 6.29. The van der Waals surface area contributed by atoms with Crippen molar-refractivity contribution in [3.63, 3.8) is 0 Å². The number of carbonyl (C=O) groups excluding carboxylic acids is 1. The average Bonchev–Trinajstić information content (AvgIpc) is 3.05. The van der Waals surface area contributed by atoms with Crippen LogP contribution >= 0.6 is 0 Å². The van der Waals surface area contributed by atoms with Crippen LogP contribution in [0.5, 0.6) is 0 Å². The lowest BCUT2D eigenvalue weighted by Crippen LogP contribution is -2.51. The largest absolute Gasteiger partial charge is 0.381 e. The second-order valence-corrected chi connectivity index (χ2v) is 5.95. The highest BCUT2D eigenvalue weighted by atomic mass is 19.2. The van der Waals surface area contributed by atoms with Gasteiger partial charge in [0.1, 0.15) is 0 Å². The van der Waals surface area contributed by atoms with Crippen LogP contribution in [0.2, 0.25) is 0 Å². The molecule has 3 rings (SSSR count). The minimum atomic E-state index is -0.846. The maximum absolute atomic E-state index is 13.5. The molecule has 1 amide bonds. The van der Waals surface area contributed by atoms with Crippen molar-refractivity contribution in [2.45, 2.75) is 24.8 Å². The summed E-state index contributed by atoms with van der Waals surface area (Å²) in [7, 11) is 0. The van der Waals surface area contributed by atoms with Gasteiger partial charge >= 0.3 is 0 Å². The van der Waals surface area contributed by atoms with Gasteiger partial charge in [0, 0.05) is 25.1 Å². The molecular weight excluding hydrogens is 290 g/mol. The van der Waals surface area contributed by atoms with Crippen LogP contribution in [0.15, 0.2) is 18.2 Å². The number of hydrogen-bond donors (Lipinski definition) is 2. The number of ether oxygens (including phenoxy) is 1. The summed E-state index contributed by atoms with van der Waals surface area (Å²) in [6.07, 6.45) is 1.51. The summed E-state index contributed by atoms with van der Waals surface area (Å²) >= 11 is 0. The molecule has 2 saturated heterocycles. The summed E-state index contributed by atoms with van der Waals surface area (Å²) < 4.78 is 31.8. The first-order valence-corrected chi connectivity index (χ1v) is 7.69. The average molecular weight is 310 g/mol. The van der Waals surface area contributed by atoms with Crippen LogP contribution in [-0.4, -0.2) is 38.3 Å². The Morgan fingerprint density at radius 3 is 2.86 bits per heavy atom. The molecule has 0 spiro atoms. The van der Waals surface area contributed by atoms with Crippen molar-refractivity contribution in [3.05, 3.63) is 35.4 Å². The standard InChI is InChI=1S/C16H20F2N2O2/c17-13-2-1-10(7-14(13)18)12-3-5-19-8-15(12)20-16(21)11-4-6-22-9-11/h1-2,7,11-12,15,19H,3-6,8-9H2,(H,20,21). The molecule has 0 bridgehead atoms. The predicted molar refractivity (Wildman–Crippen MR) is 77.4 cm³/mol. The third-order valence-corrected chi connectivity index (χ3v) is 4.48. The molecule has 2 N–H and O–H groups in total. The predicted octanol–water partition coefficient (Wildman–Crippen LogP) is 1.56. The van der Waals surface area contributed by atoms with Crippen molar-refractivity contribution in [1.82, 2.24) is 10.6 Å². The molecule has 2 fully saturated rings. The van der Waals surface area contributed by atoms with Gasteiger partial charge in [-0.25, -0.2) is 8.78 Å². The zero-order chi connectivity index (χ0) is 15.5. The number of hydrogen-bond acceptors (Lipinski definition) is 3. The second kappa shape index (κ2) is 6.71. The van der Waals surface area contributed by atoms with Crippen LogP contribution in [-0.2, 0) is 9.53 Å². The Labute approximate surface area is 128 Å². The zero-order valence-electron chi connectivity index (χ0n) is 12.3. The lowest BCUT2D eigenvalue weighted by Gasteiger charge is -2.33. The summed E-state index contributed by atoms with van der Waals surface area (Å²) in [5.41, 5.74) is 0.730. The first-order chi connectivity index (χ1) is 10.6. The lowest BCUT2D eigenvalue weighted by molar-refractivity contribution is -0.125. The Morgan fingerprint density at radius 2 is 2.14 bits per heavy atom. The molecule has 2 aliphatic rings. The van der Waals surface area contributed by atoms with Crippen molar-refractivity contribution in [2.75, 3.05) is 26.3 Å². The van der Waals surface area contributed by atoms with Gasteiger partial charge in [0.2, 0.25) is 5.91 Å². The maximum atomic E-state index is 13.5. The fraction of sp³-hybridized carbons (Fsp3) is 0.562. The number of piperidine rings is 1. The van der Waals surface area contributed by atoms with Gasteiger partial charge in [0.15, 0.2) is 11.6 Å². The van der Waals surface area contributed by atoms with Crippen molar-refractivity contribution in [3.8, 4) is 0 Å². The molecule has 6 heteroatoms. The van der Waals surface area contributed by atoms with Gasteiger partial charge in [0.05, 0.1) is 12.5 Å². The first kappa shape index (κ1) is 15.4. The van der Waals surface area contributed by atoms with Gasteiger partial charge in [0.25, 0.3) is 0 Å². The third kappa shape index (κ3) is 3.28. The Kier molecular flexibility index (Phi) is 4.69. The summed E-state index contributed by atoms with van der Waals surface area (Å²) in [6.45, 7) is 2.50. The zero-order valence-corrected chi connectivity index (χ0v) is 12.3. The van der Waals surface area contributed by atoms with E-state index in [1.807, 2.05) is 0 Å². The molecular formula is C16H20F2N2O2. The van der Waals surface area contributed by atoms with Crippen LogP contribution in [0.25, 0.3) is 0 Å². The molecule has 120 valence electrons. The van der Waals surface area contributed by atoms with E-state index in [1.165, 1.54) is 6.07 Å². The van der Waals surface area contributed by atoms with Gasteiger partial charge in [-0.05, 0) is 37.1 Å². The van der Waals surface area contributed by atoms with Gasteiger partial charge in [-0.15, -0.1) is 0 Å². The monoisotopic (exact) mass is 310 g/mol. The number of carbonyl (C=O) groups is 1. The number of amides is 1. The summed E-state index contributed by atoms with van der Waals surface area (Å²) in [5.74, 6) is -1.82. The minimum Gasteiger partial charge on any atom is -0.381 e. The molecule has 4 nitrogen and oxygen atoms in total. The smallest absolute Gasteiger partial charge is 0.225 e. The van der Waals surface area contributed by atoms with Crippen molar-refractivity contribution in [1.29, 1.82) is 0 Å². The first-order valence-electron chi connectivity index (χ1n) is 7.69. The van der Waals surface area contributed by atoms with E-state index in [-0.39, 0.29) is 23.8 Å². The molecule has 0 aliphatic carbocycles. The highest BCUT2D eigenvalue weighted by Gasteiger charge is 2.31. The van der Waals surface area contributed by atoms with Crippen LogP contribution in [0.4, 0.5) is 8.78 Å². The van der Waals surface area contributed by atoms with Gasteiger partial charge in [-0.3, -0.25) is 4.79 Å². The molecule has 3 atom stereocenters. The molecule has 3 unspecified atom stereocenters. The Hall–Kier alpha value is -1.53. The van der Waals surface area contributed by atoms with Crippen molar-refractivity contribution >= 4 is 5.91 Å². The summed E-state index contributed by atoms with van der Waals surface area (Å²) in [6, 6.07) is 3.87. The highest BCUT2D eigenvalue weighted by molar-refractivity contribution is 5.79. The van der Waals surface area contributed by atoms with Crippen molar-refractivity contribution < 1.29 is 18.3 Å². The topological polar surface area (TPSA) is 50.4 Å². The van der Waals surface area contributed by atoms with E-state index in [2.05, 4.69) is 10.6 Å².